The van der Waals surface area contributed by atoms with E-state index in [4.69, 9.17) is 15.9 Å². The number of carbonyl (C=O) groups is 1. The third-order valence-corrected chi connectivity index (χ3v) is 3.04. The molecule has 2 rings (SSSR count). The minimum Gasteiger partial charge on any atom is -0.495 e. The van der Waals surface area contributed by atoms with E-state index >= 15 is 0 Å². The SMILES string of the molecule is C#CCOc1ccc(C(=O)Nc2cc(C)ccc2OC)cc1. The van der Waals surface area contributed by atoms with Crippen LogP contribution in [0.4, 0.5) is 5.69 Å². The van der Waals surface area contributed by atoms with Gasteiger partial charge in [0.25, 0.3) is 5.91 Å². The van der Waals surface area contributed by atoms with Crippen molar-refractivity contribution in [1.82, 2.24) is 0 Å². The first-order chi connectivity index (χ1) is 10.6. The van der Waals surface area contributed by atoms with Crippen molar-refractivity contribution in [2.24, 2.45) is 0 Å². The van der Waals surface area contributed by atoms with Gasteiger partial charge in [-0.1, -0.05) is 12.0 Å². The van der Waals surface area contributed by atoms with E-state index in [1.54, 1.807) is 31.4 Å². The molecule has 1 N–H and O–H groups in total. The highest BCUT2D eigenvalue weighted by atomic mass is 16.5. The highest BCUT2D eigenvalue weighted by molar-refractivity contribution is 6.05. The molecule has 0 saturated carbocycles. The molecule has 0 aromatic heterocycles. The summed E-state index contributed by atoms with van der Waals surface area (Å²) in [6, 6.07) is 12.4. The first-order valence-electron chi connectivity index (χ1n) is 6.76. The summed E-state index contributed by atoms with van der Waals surface area (Å²) in [6.45, 7) is 2.15. The summed E-state index contributed by atoms with van der Waals surface area (Å²) in [5, 5.41) is 2.84. The molecule has 22 heavy (non-hydrogen) atoms. The summed E-state index contributed by atoms with van der Waals surface area (Å²) in [4.78, 5) is 12.3. The molecule has 2 aromatic rings. The normalized spacial score (nSPS) is 9.68. The Bertz CT molecular complexity index is 699. The Hall–Kier alpha value is -2.93. The van der Waals surface area contributed by atoms with Gasteiger partial charge >= 0.3 is 0 Å². The minimum atomic E-state index is -0.215. The molecule has 0 fully saturated rings. The summed E-state index contributed by atoms with van der Waals surface area (Å²) in [7, 11) is 1.57. The van der Waals surface area contributed by atoms with Crippen molar-refractivity contribution < 1.29 is 14.3 Å². The van der Waals surface area contributed by atoms with Gasteiger partial charge in [0.15, 0.2) is 0 Å². The van der Waals surface area contributed by atoms with E-state index in [1.807, 2.05) is 25.1 Å². The van der Waals surface area contributed by atoms with Gasteiger partial charge in [0.2, 0.25) is 0 Å². The van der Waals surface area contributed by atoms with Crippen LogP contribution in [0.2, 0.25) is 0 Å². The first-order valence-corrected chi connectivity index (χ1v) is 6.76. The van der Waals surface area contributed by atoms with Gasteiger partial charge in [0, 0.05) is 5.56 Å². The third-order valence-electron chi connectivity index (χ3n) is 3.04. The van der Waals surface area contributed by atoms with E-state index in [0.29, 0.717) is 22.7 Å². The number of carbonyl (C=O) groups excluding carboxylic acids is 1. The Kier molecular flexibility index (Phi) is 5.05. The molecule has 0 bridgehead atoms. The maximum Gasteiger partial charge on any atom is 0.255 e. The fraction of sp³-hybridized carbons (Fsp3) is 0.167. The van der Waals surface area contributed by atoms with Crippen molar-refractivity contribution in [3.63, 3.8) is 0 Å². The lowest BCUT2D eigenvalue weighted by Gasteiger charge is -2.11. The van der Waals surface area contributed by atoms with Crippen LogP contribution in [0.15, 0.2) is 42.5 Å². The van der Waals surface area contributed by atoms with E-state index in [1.165, 1.54) is 0 Å². The van der Waals surface area contributed by atoms with Gasteiger partial charge in [-0.05, 0) is 48.9 Å². The fourth-order valence-corrected chi connectivity index (χ4v) is 1.94. The molecule has 4 nitrogen and oxygen atoms in total. The van der Waals surface area contributed by atoms with Gasteiger partial charge < -0.3 is 14.8 Å². The van der Waals surface area contributed by atoms with E-state index in [9.17, 15) is 4.79 Å². The molecule has 2 aromatic carbocycles. The highest BCUT2D eigenvalue weighted by Crippen LogP contribution is 2.26. The minimum absolute atomic E-state index is 0.200. The number of ether oxygens (including phenoxy) is 2. The molecule has 0 aliphatic heterocycles. The lowest BCUT2D eigenvalue weighted by molar-refractivity contribution is 0.102. The van der Waals surface area contributed by atoms with Crippen LogP contribution in [0.1, 0.15) is 15.9 Å². The van der Waals surface area contributed by atoms with Gasteiger partial charge in [-0.3, -0.25) is 4.79 Å². The van der Waals surface area contributed by atoms with Crippen molar-refractivity contribution >= 4 is 11.6 Å². The Morgan fingerprint density at radius 3 is 2.59 bits per heavy atom. The lowest BCUT2D eigenvalue weighted by atomic mass is 10.1. The second kappa shape index (κ2) is 7.19. The van der Waals surface area contributed by atoms with Crippen molar-refractivity contribution in [2.75, 3.05) is 19.0 Å². The maximum absolute atomic E-state index is 12.3. The summed E-state index contributed by atoms with van der Waals surface area (Å²) >= 11 is 0. The average molecular weight is 295 g/mol. The predicted octanol–water partition coefficient (Wildman–Crippen LogP) is 3.27. The summed E-state index contributed by atoms with van der Waals surface area (Å²) in [5.74, 6) is 3.42. The smallest absolute Gasteiger partial charge is 0.255 e. The number of benzene rings is 2. The van der Waals surface area contributed by atoms with Crippen molar-refractivity contribution in [3.8, 4) is 23.8 Å². The molecule has 0 aliphatic rings. The molecule has 0 spiro atoms. The van der Waals surface area contributed by atoms with Gasteiger partial charge in [-0.25, -0.2) is 0 Å². The average Bonchev–Trinajstić information content (AvgIpc) is 2.53. The zero-order valence-electron chi connectivity index (χ0n) is 12.6. The second-order valence-corrected chi connectivity index (χ2v) is 4.68. The van der Waals surface area contributed by atoms with Crippen LogP contribution in [0.3, 0.4) is 0 Å². The predicted molar refractivity (Wildman–Crippen MR) is 86.5 cm³/mol. The van der Waals surface area contributed by atoms with Crippen LogP contribution in [0.5, 0.6) is 11.5 Å². The van der Waals surface area contributed by atoms with Crippen LogP contribution < -0.4 is 14.8 Å². The molecule has 0 saturated heterocycles. The van der Waals surface area contributed by atoms with Crippen molar-refractivity contribution in [3.05, 3.63) is 53.6 Å². The molecule has 4 heteroatoms. The number of hydrogen-bond donors (Lipinski definition) is 1. The topological polar surface area (TPSA) is 47.6 Å². The molecular weight excluding hydrogens is 278 g/mol. The number of amides is 1. The lowest BCUT2D eigenvalue weighted by Crippen LogP contribution is -2.12. The van der Waals surface area contributed by atoms with E-state index in [-0.39, 0.29) is 12.5 Å². The highest BCUT2D eigenvalue weighted by Gasteiger charge is 2.10. The number of hydrogen-bond acceptors (Lipinski definition) is 3. The largest absolute Gasteiger partial charge is 0.495 e. The molecule has 0 atom stereocenters. The van der Waals surface area contributed by atoms with Crippen LogP contribution in [-0.4, -0.2) is 19.6 Å². The number of terminal acetylenes is 1. The summed E-state index contributed by atoms with van der Waals surface area (Å²) in [6.07, 6.45) is 5.13. The summed E-state index contributed by atoms with van der Waals surface area (Å²) < 4.78 is 10.5. The van der Waals surface area contributed by atoms with Gasteiger partial charge in [0.1, 0.15) is 18.1 Å². The standard InChI is InChI=1S/C18H17NO3/c1-4-11-22-15-8-6-14(7-9-15)18(20)19-16-12-13(2)5-10-17(16)21-3/h1,5-10,12H,11H2,2-3H3,(H,19,20). The Balaban J connectivity index is 2.12. The Morgan fingerprint density at radius 1 is 1.23 bits per heavy atom. The van der Waals surface area contributed by atoms with Crippen LogP contribution in [-0.2, 0) is 0 Å². The first kappa shape index (κ1) is 15.5. The van der Waals surface area contributed by atoms with Crippen molar-refractivity contribution in [2.45, 2.75) is 6.92 Å². The second-order valence-electron chi connectivity index (χ2n) is 4.68. The van der Waals surface area contributed by atoms with E-state index < -0.39 is 0 Å². The van der Waals surface area contributed by atoms with Crippen LogP contribution in [0.25, 0.3) is 0 Å². The van der Waals surface area contributed by atoms with Gasteiger partial charge in [-0.2, -0.15) is 0 Å². The molecule has 0 unspecified atom stereocenters. The Morgan fingerprint density at radius 2 is 1.95 bits per heavy atom. The molecule has 0 radical (unpaired) electrons. The third kappa shape index (κ3) is 3.80. The summed E-state index contributed by atoms with van der Waals surface area (Å²) in [5.41, 5.74) is 2.20. The molecule has 112 valence electrons. The maximum atomic E-state index is 12.3. The number of aryl methyl sites for hydroxylation is 1. The Labute approximate surface area is 130 Å². The quantitative estimate of drug-likeness (QED) is 0.861. The van der Waals surface area contributed by atoms with Crippen LogP contribution in [0, 0.1) is 19.3 Å². The van der Waals surface area contributed by atoms with E-state index in [2.05, 4.69) is 11.2 Å². The number of anilines is 1. The molecular formula is C18H17NO3. The zero-order chi connectivity index (χ0) is 15.9. The zero-order valence-corrected chi connectivity index (χ0v) is 12.6. The molecule has 1 amide bonds. The molecule has 0 heterocycles. The fourth-order valence-electron chi connectivity index (χ4n) is 1.94. The molecule has 0 aliphatic carbocycles. The number of nitrogens with one attached hydrogen (secondary N) is 1. The number of rotatable bonds is 5. The number of methoxy groups -OCH3 is 1. The van der Waals surface area contributed by atoms with Crippen molar-refractivity contribution in [1.29, 1.82) is 0 Å². The van der Waals surface area contributed by atoms with E-state index in [0.717, 1.165) is 5.56 Å². The van der Waals surface area contributed by atoms with Gasteiger partial charge in [-0.15, -0.1) is 6.42 Å². The van der Waals surface area contributed by atoms with Crippen LogP contribution >= 0.6 is 0 Å². The monoisotopic (exact) mass is 295 g/mol. The van der Waals surface area contributed by atoms with Gasteiger partial charge in [0.05, 0.1) is 12.8 Å².